The van der Waals surface area contributed by atoms with Gasteiger partial charge in [-0.05, 0) is 62.4 Å². The van der Waals surface area contributed by atoms with Gasteiger partial charge in [-0.25, -0.2) is 0 Å². The number of halogens is 1. The summed E-state index contributed by atoms with van der Waals surface area (Å²) in [4.78, 5) is 12.3. The molecule has 21 heavy (non-hydrogen) atoms. The fourth-order valence-corrected chi connectivity index (χ4v) is 3.11. The normalized spacial score (nSPS) is 22.4. The summed E-state index contributed by atoms with van der Waals surface area (Å²) in [6, 6.07) is 7.28. The van der Waals surface area contributed by atoms with E-state index in [0.29, 0.717) is 22.3 Å². The lowest BCUT2D eigenvalue weighted by atomic mass is 9.86. The van der Waals surface area contributed by atoms with Gasteiger partial charge >= 0.3 is 0 Å². The maximum atomic E-state index is 12.3. The standard InChI is InChI=1S/C16H19ClN2O2/c17-12-3-6-14-11(7-12)8-15(21-14)16(20)19-13-4-1-10(9-18)2-5-13/h3,6-8,10,13H,1-2,4-5,9,18H2,(H,19,20)/t10-,13-. The van der Waals surface area contributed by atoms with Crippen LogP contribution in [0.15, 0.2) is 28.7 Å². The van der Waals surface area contributed by atoms with E-state index in [2.05, 4.69) is 5.32 Å². The van der Waals surface area contributed by atoms with E-state index >= 15 is 0 Å². The number of carbonyl (C=O) groups excluding carboxylic acids is 1. The van der Waals surface area contributed by atoms with Crippen molar-refractivity contribution in [2.75, 3.05) is 6.54 Å². The van der Waals surface area contributed by atoms with E-state index in [1.54, 1.807) is 24.3 Å². The lowest BCUT2D eigenvalue weighted by Crippen LogP contribution is -2.38. The predicted molar refractivity (Wildman–Crippen MR) is 83.5 cm³/mol. The Morgan fingerprint density at radius 3 is 2.76 bits per heavy atom. The van der Waals surface area contributed by atoms with Gasteiger partial charge in [0.1, 0.15) is 5.58 Å². The van der Waals surface area contributed by atoms with E-state index < -0.39 is 0 Å². The Morgan fingerprint density at radius 2 is 2.05 bits per heavy atom. The van der Waals surface area contributed by atoms with Gasteiger partial charge in [0.05, 0.1) is 0 Å². The maximum Gasteiger partial charge on any atom is 0.287 e. The van der Waals surface area contributed by atoms with Gasteiger partial charge < -0.3 is 15.5 Å². The summed E-state index contributed by atoms with van der Waals surface area (Å²) in [6.07, 6.45) is 4.13. The zero-order valence-corrected chi connectivity index (χ0v) is 12.5. The molecule has 4 nitrogen and oxygen atoms in total. The Morgan fingerprint density at radius 1 is 1.29 bits per heavy atom. The topological polar surface area (TPSA) is 68.3 Å². The largest absolute Gasteiger partial charge is 0.451 e. The number of amides is 1. The highest BCUT2D eigenvalue weighted by atomic mass is 35.5. The Hall–Kier alpha value is -1.52. The summed E-state index contributed by atoms with van der Waals surface area (Å²) < 4.78 is 5.58. The minimum atomic E-state index is -0.154. The van der Waals surface area contributed by atoms with Crippen molar-refractivity contribution in [1.29, 1.82) is 0 Å². The number of hydrogen-bond donors (Lipinski definition) is 2. The summed E-state index contributed by atoms with van der Waals surface area (Å²) in [6.45, 7) is 0.741. The third kappa shape index (κ3) is 3.22. The van der Waals surface area contributed by atoms with E-state index in [1.807, 2.05) is 0 Å². The lowest BCUT2D eigenvalue weighted by molar-refractivity contribution is 0.0896. The highest BCUT2D eigenvalue weighted by Crippen LogP contribution is 2.25. The number of nitrogens with two attached hydrogens (primary N) is 1. The second kappa shape index (κ2) is 6.08. The molecule has 3 N–H and O–H groups in total. The van der Waals surface area contributed by atoms with Crippen LogP contribution in [0.25, 0.3) is 11.0 Å². The van der Waals surface area contributed by atoms with Crippen LogP contribution >= 0.6 is 11.6 Å². The van der Waals surface area contributed by atoms with Crippen LogP contribution in [0, 0.1) is 5.92 Å². The Labute approximate surface area is 128 Å². The van der Waals surface area contributed by atoms with Crippen molar-refractivity contribution >= 4 is 28.5 Å². The molecular weight excluding hydrogens is 288 g/mol. The number of benzene rings is 1. The van der Waals surface area contributed by atoms with E-state index in [-0.39, 0.29) is 11.9 Å². The molecule has 3 rings (SSSR count). The Kier molecular flexibility index (Phi) is 4.17. The van der Waals surface area contributed by atoms with Gasteiger partial charge in [0, 0.05) is 16.5 Å². The van der Waals surface area contributed by atoms with E-state index in [0.717, 1.165) is 37.6 Å². The molecule has 1 aromatic heterocycles. The summed E-state index contributed by atoms with van der Waals surface area (Å²) in [5.41, 5.74) is 6.36. The minimum absolute atomic E-state index is 0.154. The van der Waals surface area contributed by atoms with Gasteiger partial charge in [0.2, 0.25) is 0 Å². The van der Waals surface area contributed by atoms with Crippen molar-refractivity contribution in [3.63, 3.8) is 0 Å². The minimum Gasteiger partial charge on any atom is -0.451 e. The molecule has 2 aromatic rings. The van der Waals surface area contributed by atoms with Gasteiger partial charge in [0.25, 0.3) is 5.91 Å². The average Bonchev–Trinajstić information content (AvgIpc) is 2.91. The molecule has 0 radical (unpaired) electrons. The van der Waals surface area contributed by atoms with Crippen molar-refractivity contribution in [3.05, 3.63) is 35.0 Å². The summed E-state index contributed by atoms with van der Waals surface area (Å²) in [5.74, 6) is 0.790. The molecule has 1 aromatic carbocycles. The van der Waals surface area contributed by atoms with E-state index in [9.17, 15) is 4.79 Å². The van der Waals surface area contributed by atoms with Crippen LogP contribution < -0.4 is 11.1 Å². The van der Waals surface area contributed by atoms with Crippen LogP contribution in [0.1, 0.15) is 36.2 Å². The fraction of sp³-hybridized carbons (Fsp3) is 0.438. The molecule has 1 saturated carbocycles. The van der Waals surface area contributed by atoms with Crippen molar-refractivity contribution in [2.24, 2.45) is 11.7 Å². The lowest BCUT2D eigenvalue weighted by Gasteiger charge is -2.27. The monoisotopic (exact) mass is 306 g/mol. The van der Waals surface area contributed by atoms with Gasteiger partial charge in [-0.2, -0.15) is 0 Å². The molecule has 1 aliphatic rings. The molecule has 0 spiro atoms. The van der Waals surface area contributed by atoms with Gasteiger partial charge in [-0.15, -0.1) is 0 Å². The third-order valence-electron chi connectivity index (χ3n) is 4.22. The van der Waals surface area contributed by atoms with Crippen molar-refractivity contribution < 1.29 is 9.21 Å². The van der Waals surface area contributed by atoms with Gasteiger partial charge in [-0.1, -0.05) is 11.6 Å². The number of hydrogen-bond acceptors (Lipinski definition) is 3. The number of carbonyl (C=O) groups is 1. The van der Waals surface area contributed by atoms with Crippen molar-refractivity contribution in [2.45, 2.75) is 31.7 Å². The average molecular weight is 307 g/mol. The van der Waals surface area contributed by atoms with Crippen molar-refractivity contribution in [1.82, 2.24) is 5.32 Å². The zero-order valence-electron chi connectivity index (χ0n) is 11.8. The molecule has 112 valence electrons. The molecule has 5 heteroatoms. The highest BCUT2D eigenvalue weighted by molar-refractivity contribution is 6.31. The van der Waals surface area contributed by atoms with Crippen LogP contribution in [-0.4, -0.2) is 18.5 Å². The van der Waals surface area contributed by atoms with Crippen LogP contribution in [0.3, 0.4) is 0 Å². The molecule has 0 saturated heterocycles. The molecular formula is C16H19ClN2O2. The van der Waals surface area contributed by atoms with Crippen LogP contribution in [0.4, 0.5) is 0 Å². The second-order valence-electron chi connectivity index (χ2n) is 5.72. The first-order chi connectivity index (χ1) is 10.2. The molecule has 0 atom stereocenters. The number of furan rings is 1. The molecule has 1 amide bonds. The van der Waals surface area contributed by atoms with E-state index in [4.69, 9.17) is 21.8 Å². The Bertz CT molecular complexity index is 645. The molecule has 1 fully saturated rings. The molecule has 1 aliphatic carbocycles. The fourth-order valence-electron chi connectivity index (χ4n) is 2.93. The van der Waals surface area contributed by atoms with Gasteiger partial charge in [-0.3, -0.25) is 4.79 Å². The Balaban J connectivity index is 1.67. The van der Waals surface area contributed by atoms with Crippen LogP contribution in [0.5, 0.6) is 0 Å². The second-order valence-corrected chi connectivity index (χ2v) is 6.16. The molecule has 0 aliphatic heterocycles. The first-order valence-corrected chi connectivity index (χ1v) is 7.73. The summed E-state index contributed by atoms with van der Waals surface area (Å²) >= 11 is 5.94. The summed E-state index contributed by atoms with van der Waals surface area (Å²) in [5, 5.41) is 4.53. The maximum absolute atomic E-state index is 12.3. The molecule has 0 unspecified atom stereocenters. The number of fused-ring (bicyclic) bond motifs is 1. The first kappa shape index (κ1) is 14.4. The smallest absolute Gasteiger partial charge is 0.287 e. The van der Waals surface area contributed by atoms with Crippen LogP contribution in [0.2, 0.25) is 5.02 Å². The number of rotatable bonds is 3. The SMILES string of the molecule is NC[C@H]1CC[C@H](NC(=O)c2cc3cc(Cl)ccc3o2)CC1. The first-order valence-electron chi connectivity index (χ1n) is 7.35. The van der Waals surface area contributed by atoms with Crippen molar-refractivity contribution in [3.8, 4) is 0 Å². The summed E-state index contributed by atoms with van der Waals surface area (Å²) in [7, 11) is 0. The third-order valence-corrected chi connectivity index (χ3v) is 4.45. The highest BCUT2D eigenvalue weighted by Gasteiger charge is 2.23. The van der Waals surface area contributed by atoms with E-state index in [1.165, 1.54) is 0 Å². The van der Waals surface area contributed by atoms with Gasteiger partial charge in [0.15, 0.2) is 5.76 Å². The number of nitrogens with one attached hydrogen (secondary N) is 1. The molecule has 0 bridgehead atoms. The molecule has 1 heterocycles. The quantitative estimate of drug-likeness (QED) is 0.914. The van der Waals surface area contributed by atoms with Crippen LogP contribution in [-0.2, 0) is 0 Å². The zero-order chi connectivity index (χ0) is 14.8. The predicted octanol–water partition coefficient (Wildman–Crippen LogP) is 3.33.